The van der Waals surface area contributed by atoms with E-state index in [9.17, 15) is 15.2 Å². The van der Waals surface area contributed by atoms with Crippen LogP contribution >= 0.6 is 11.6 Å². The number of nitro benzene ring substituents is 1. The Labute approximate surface area is 119 Å². The maximum absolute atomic E-state index is 10.7. The standard InChI is InChI=1S/C13H10ClN3O3/c14-10-2-4-11(5-3-10)16-15-8-9-1-6-13(18)12(7-9)17(19)20/h1-8,16,18H. The van der Waals surface area contributed by atoms with Crippen LogP contribution in [0.1, 0.15) is 5.56 Å². The molecule has 2 aromatic rings. The van der Waals surface area contributed by atoms with E-state index in [1.54, 1.807) is 24.3 Å². The van der Waals surface area contributed by atoms with Crippen molar-refractivity contribution in [2.45, 2.75) is 0 Å². The van der Waals surface area contributed by atoms with Gasteiger partial charge in [-0.2, -0.15) is 5.10 Å². The minimum Gasteiger partial charge on any atom is -0.502 e. The smallest absolute Gasteiger partial charge is 0.311 e. The second-order valence-corrected chi connectivity index (χ2v) is 4.32. The maximum atomic E-state index is 10.7. The Kier molecular flexibility index (Phi) is 4.17. The fourth-order valence-electron chi connectivity index (χ4n) is 1.47. The Hall–Kier alpha value is -2.60. The second-order valence-electron chi connectivity index (χ2n) is 3.88. The molecular formula is C13H10ClN3O3. The van der Waals surface area contributed by atoms with Gasteiger partial charge in [-0.25, -0.2) is 0 Å². The van der Waals surface area contributed by atoms with Gasteiger partial charge in [0.25, 0.3) is 0 Å². The number of aromatic hydroxyl groups is 1. The van der Waals surface area contributed by atoms with Gasteiger partial charge >= 0.3 is 5.69 Å². The lowest BCUT2D eigenvalue weighted by atomic mass is 10.2. The van der Waals surface area contributed by atoms with Crippen LogP contribution < -0.4 is 5.43 Å². The lowest BCUT2D eigenvalue weighted by Crippen LogP contribution is -1.93. The van der Waals surface area contributed by atoms with Crippen molar-refractivity contribution in [2.75, 3.05) is 5.43 Å². The van der Waals surface area contributed by atoms with Crippen LogP contribution in [-0.4, -0.2) is 16.2 Å². The molecular weight excluding hydrogens is 282 g/mol. The third kappa shape index (κ3) is 3.46. The number of benzene rings is 2. The van der Waals surface area contributed by atoms with E-state index < -0.39 is 4.92 Å². The molecule has 0 bridgehead atoms. The molecule has 0 aliphatic carbocycles. The number of phenols is 1. The van der Waals surface area contributed by atoms with Crippen molar-refractivity contribution in [1.82, 2.24) is 0 Å². The summed E-state index contributed by atoms with van der Waals surface area (Å²) < 4.78 is 0. The lowest BCUT2D eigenvalue weighted by molar-refractivity contribution is -0.385. The molecule has 7 heteroatoms. The van der Waals surface area contributed by atoms with E-state index in [0.717, 1.165) is 5.69 Å². The highest BCUT2D eigenvalue weighted by Gasteiger charge is 2.12. The van der Waals surface area contributed by atoms with Crippen LogP contribution in [0.25, 0.3) is 0 Å². The number of anilines is 1. The Morgan fingerprint density at radius 3 is 2.60 bits per heavy atom. The first-order chi connectivity index (χ1) is 9.56. The number of rotatable bonds is 4. The monoisotopic (exact) mass is 291 g/mol. The topological polar surface area (TPSA) is 87.8 Å². The molecule has 0 spiro atoms. The van der Waals surface area contributed by atoms with E-state index in [2.05, 4.69) is 10.5 Å². The highest BCUT2D eigenvalue weighted by Crippen LogP contribution is 2.25. The van der Waals surface area contributed by atoms with E-state index in [4.69, 9.17) is 11.6 Å². The minimum atomic E-state index is -0.653. The van der Waals surface area contributed by atoms with Gasteiger partial charge in [0.15, 0.2) is 5.75 Å². The van der Waals surface area contributed by atoms with E-state index in [-0.39, 0.29) is 11.4 Å². The number of hydrazone groups is 1. The highest BCUT2D eigenvalue weighted by molar-refractivity contribution is 6.30. The molecule has 102 valence electrons. The van der Waals surface area contributed by atoms with Crippen molar-refractivity contribution < 1.29 is 10.0 Å². The second kappa shape index (κ2) is 6.03. The molecule has 2 aromatic carbocycles. The van der Waals surface area contributed by atoms with Crippen molar-refractivity contribution in [3.8, 4) is 5.75 Å². The van der Waals surface area contributed by atoms with Gasteiger partial charge in [-0.15, -0.1) is 0 Å². The quantitative estimate of drug-likeness (QED) is 0.513. The third-order valence-corrected chi connectivity index (χ3v) is 2.70. The zero-order valence-corrected chi connectivity index (χ0v) is 10.9. The van der Waals surface area contributed by atoms with Gasteiger partial charge in [0.2, 0.25) is 0 Å². The fraction of sp³-hybridized carbons (Fsp3) is 0. The first kappa shape index (κ1) is 13.8. The summed E-state index contributed by atoms with van der Waals surface area (Å²) in [7, 11) is 0. The molecule has 0 radical (unpaired) electrons. The number of halogens is 1. The van der Waals surface area contributed by atoms with Gasteiger partial charge in [0, 0.05) is 16.7 Å². The normalized spacial score (nSPS) is 10.7. The van der Waals surface area contributed by atoms with Crippen molar-refractivity contribution in [2.24, 2.45) is 5.10 Å². The summed E-state index contributed by atoms with van der Waals surface area (Å²) in [5.74, 6) is -0.377. The Balaban J connectivity index is 2.10. The van der Waals surface area contributed by atoms with Gasteiger partial charge in [0.05, 0.1) is 16.8 Å². The van der Waals surface area contributed by atoms with Crippen molar-refractivity contribution in [3.05, 3.63) is 63.2 Å². The zero-order valence-electron chi connectivity index (χ0n) is 10.2. The molecule has 0 aromatic heterocycles. The summed E-state index contributed by atoms with van der Waals surface area (Å²) in [6, 6.07) is 10.9. The summed E-state index contributed by atoms with van der Waals surface area (Å²) in [6.45, 7) is 0. The van der Waals surface area contributed by atoms with Crippen LogP contribution in [0.3, 0.4) is 0 Å². The van der Waals surface area contributed by atoms with E-state index in [1.165, 1.54) is 24.4 Å². The first-order valence-electron chi connectivity index (χ1n) is 5.58. The molecule has 2 N–H and O–H groups in total. The summed E-state index contributed by atoms with van der Waals surface area (Å²) in [4.78, 5) is 10.0. The minimum absolute atomic E-state index is 0.361. The predicted molar refractivity (Wildman–Crippen MR) is 77.4 cm³/mol. The largest absolute Gasteiger partial charge is 0.502 e. The predicted octanol–water partition coefficient (Wildman–Crippen LogP) is 3.40. The first-order valence-corrected chi connectivity index (χ1v) is 5.96. The van der Waals surface area contributed by atoms with Gasteiger partial charge < -0.3 is 5.11 Å². The molecule has 0 aliphatic rings. The Bertz CT molecular complexity index is 656. The van der Waals surface area contributed by atoms with Crippen molar-refractivity contribution >= 4 is 29.2 Å². The molecule has 0 aliphatic heterocycles. The molecule has 0 atom stereocenters. The SMILES string of the molecule is O=[N+]([O-])c1cc(C=NNc2ccc(Cl)cc2)ccc1O. The van der Waals surface area contributed by atoms with E-state index in [0.29, 0.717) is 10.6 Å². The number of nitrogens with one attached hydrogen (secondary N) is 1. The number of nitrogens with zero attached hydrogens (tertiary/aromatic N) is 2. The molecule has 0 saturated heterocycles. The Morgan fingerprint density at radius 2 is 1.95 bits per heavy atom. The lowest BCUT2D eigenvalue weighted by Gasteiger charge is -2.00. The summed E-state index contributed by atoms with van der Waals surface area (Å²) in [5, 5.41) is 24.6. The van der Waals surface area contributed by atoms with Gasteiger partial charge in [-0.3, -0.25) is 15.5 Å². The van der Waals surface area contributed by atoms with Gasteiger partial charge in [-0.05, 0) is 36.4 Å². The van der Waals surface area contributed by atoms with Crippen LogP contribution in [-0.2, 0) is 0 Å². The van der Waals surface area contributed by atoms with Crippen LogP contribution in [0.5, 0.6) is 5.75 Å². The number of hydrogen-bond donors (Lipinski definition) is 2. The van der Waals surface area contributed by atoms with Gasteiger partial charge in [-0.1, -0.05) is 11.6 Å². The molecule has 0 heterocycles. The van der Waals surface area contributed by atoms with Crippen molar-refractivity contribution in [1.29, 1.82) is 0 Å². The molecule has 0 amide bonds. The average molecular weight is 292 g/mol. The molecule has 0 saturated carbocycles. The zero-order chi connectivity index (χ0) is 14.5. The summed E-state index contributed by atoms with van der Waals surface area (Å²) >= 11 is 5.75. The molecule has 0 fully saturated rings. The summed E-state index contributed by atoms with van der Waals surface area (Å²) in [6.07, 6.45) is 1.42. The Morgan fingerprint density at radius 1 is 1.25 bits per heavy atom. The number of hydrogen-bond acceptors (Lipinski definition) is 5. The van der Waals surface area contributed by atoms with E-state index >= 15 is 0 Å². The van der Waals surface area contributed by atoms with Crippen molar-refractivity contribution in [3.63, 3.8) is 0 Å². The number of phenolic OH excluding ortho intramolecular Hbond substituents is 1. The van der Waals surface area contributed by atoms with Crippen LogP contribution in [0, 0.1) is 10.1 Å². The number of nitro groups is 1. The molecule has 20 heavy (non-hydrogen) atoms. The summed E-state index contributed by atoms with van der Waals surface area (Å²) in [5.41, 5.74) is 3.63. The highest BCUT2D eigenvalue weighted by atomic mass is 35.5. The van der Waals surface area contributed by atoms with Gasteiger partial charge in [0.1, 0.15) is 0 Å². The fourth-order valence-corrected chi connectivity index (χ4v) is 1.60. The van der Waals surface area contributed by atoms with E-state index in [1.807, 2.05) is 0 Å². The van der Waals surface area contributed by atoms with Crippen LogP contribution in [0.2, 0.25) is 5.02 Å². The average Bonchev–Trinajstić information content (AvgIpc) is 2.42. The van der Waals surface area contributed by atoms with Crippen LogP contribution in [0.15, 0.2) is 47.6 Å². The molecule has 6 nitrogen and oxygen atoms in total. The maximum Gasteiger partial charge on any atom is 0.311 e. The molecule has 2 rings (SSSR count). The third-order valence-electron chi connectivity index (χ3n) is 2.45. The van der Waals surface area contributed by atoms with Crippen LogP contribution in [0.4, 0.5) is 11.4 Å². The molecule has 0 unspecified atom stereocenters.